The molecule has 3 saturated heterocycles. The summed E-state index contributed by atoms with van der Waals surface area (Å²) in [5, 5.41) is 3.22. The Morgan fingerprint density at radius 1 is 1.03 bits per heavy atom. The number of hydrogen-bond acceptors (Lipinski definition) is 6. The Kier molecular flexibility index (Phi) is 5.04. The molecule has 0 aliphatic carbocycles. The van der Waals surface area contributed by atoms with Crippen LogP contribution in [0, 0.1) is 11.8 Å². The number of aromatic nitrogens is 2. The van der Waals surface area contributed by atoms with Crippen molar-refractivity contribution in [2.24, 2.45) is 11.8 Å². The van der Waals surface area contributed by atoms with Crippen LogP contribution in [0.1, 0.15) is 37.3 Å². The van der Waals surface area contributed by atoms with Gasteiger partial charge in [-0.05, 0) is 55.2 Å². The van der Waals surface area contributed by atoms with Crippen LogP contribution in [0.4, 0.5) is 11.6 Å². The number of benzene rings is 1. The van der Waals surface area contributed by atoms with Gasteiger partial charge in [0.25, 0.3) is 0 Å². The Balaban J connectivity index is 1.37. The van der Waals surface area contributed by atoms with Crippen molar-refractivity contribution in [3.63, 3.8) is 0 Å². The van der Waals surface area contributed by atoms with Crippen molar-refractivity contribution in [3.05, 3.63) is 42.2 Å². The monoisotopic (exact) mass is 393 g/mol. The van der Waals surface area contributed by atoms with Crippen molar-refractivity contribution in [1.29, 1.82) is 0 Å². The van der Waals surface area contributed by atoms with Crippen LogP contribution >= 0.6 is 0 Å². The molecule has 5 rings (SSSR count). The van der Waals surface area contributed by atoms with Gasteiger partial charge in [0.05, 0.1) is 7.11 Å². The average molecular weight is 394 g/mol. The van der Waals surface area contributed by atoms with Gasteiger partial charge in [0.1, 0.15) is 5.75 Å². The highest BCUT2D eigenvalue weighted by Crippen LogP contribution is 2.45. The standard InChI is InChI=1S/C23H31N5O/c1-24-22-23(26-11-10-25-22)27-13-16-12-18(15-27)21-5-3-4-20(28(21)14-16)17-6-8-19(29-2)9-7-17/h6-11,16,18,20-21H,3-5,12-15H2,1-2H3,(H,24,25)/t16-,18+,20+,21-/m0/s1. The molecule has 29 heavy (non-hydrogen) atoms. The first-order chi connectivity index (χ1) is 14.3. The Labute approximate surface area is 173 Å². The molecule has 2 bridgehead atoms. The number of piperidine rings is 3. The molecule has 1 N–H and O–H groups in total. The van der Waals surface area contributed by atoms with Crippen LogP contribution in [-0.4, -0.2) is 54.7 Å². The average Bonchev–Trinajstić information content (AvgIpc) is 2.78. The number of rotatable bonds is 4. The molecule has 0 saturated carbocycles. The molecule has 0 unspecified atom stereocenters. The minimum atomic E-state index is 0.542. The molecule has 1 aromatic heterocycles. The van der Waals surface area contributed by atoms with Crippen molar-refractivity contribution >= 4 is 11.6 Å². The number of hydrogen-bond donors (Lipinski definition) is 1. The molecule has 3 aliphatic rings. The van der Waals surface area contributed by atoms with Crippen molar-refractivity contribution in [2.75, 3.05) is 44.0 Å². The molecular formula is C23H31N5O. The van der Waals surface area contributed by atoms with E-state index in [4.69, 9.17) is 4.74 Å². The number of ether oxygens (including phenoxy) is 1. The van der Waals surface area contributed by atoms with Gasteiger partial charge in [-0.25, -0.2) is 9.97 Å². The lowest BCUT2D eigenvalue weighted by molar-refractivity contribution is -0.0200. The number of anilines is 2. The lowest BCUT2D eigenvalue weighted by atomic mass is 9.74. The van der Waals surface area contributed by atoms with Gasteiger partial charge in [-0.3, -0.25) is 4.90 Å². The van der Waals surface area contributed by atoms with Gasteiger partial charge in [0, 0.05) is 51.2 Å². The van der Waals surface area contributed by atoms with Gasteiger partial charge >= 0.3 is 0 Å². The summed E-state index contributed by atoms with van der Waals surface area (Å²) in [6.07, 6.45) is 8.82. The minimum Gasteiger partial charge on any atom is -0.497 e. The number of nitrogens with zero attached hydrogens (tertiary/aromatic N) is 4. The SMILES string of the molecule is CNc1nccnc1N1C[C@@H]2C[C@H](C1)[C@@H]1CCC[C@H](c3ccc(OC)cc3)N1C2. The largest absolute Gasteiger partial charge is 0.497 e. The molecule has 6 nitrogen and oxygen atoms in total. The second kappa shape index (κ2) is 7.82. The maximum Gasteiger partial charge on any atom is 0.171 e. The Bertz CT molecular complexity index is 841. The lowest BCUT2D eigenvalue weighted by Gasteiger charge is -2.55. The summed E-state index contributed by atoms with van der Waals surface area (Å²) in [6, 6.07) is 9.96. The smallest absolute Gasteiger partial charge is 0.171 e. The van der Waals surface area contributed by atoms with E-state index in [-0.39, 0.29) is 0 Å². The second-order valence-electron chi connectivity index (χ2n) is 8.73. The van der Waals surface area contributed by atoms with Crippen LogP contribution < -0.4 is 15.0 Å². The van der Waals surface area contributed by atoms with Crippen LogP contribution in [0.5, 0.6) is 5.75 Å². The maximum absolute atomic E-state index is 5.36. The summed E-state index contributed by atoms with van der Waals surface area (Å²) in [5.41, 5.74) is 1.44. The third-order valence-electron chi connectivity index (χ3n) is 7.10. The molecule has 4 atom stereocenters. The van der Waals surface area contributed by atoms with Gasteiger partial charge in [0.2, 0.25) is 0 Å². The molecule has 2 aromatic rings. The van der Waals surface area contributed by atoms with Crippen molar-refractivity contribution < 1.29 is 4.74 Å². The summed E-state index contributed by atoms with van der Waals surface area (Å²) in [7, 11) is 3.67. The van der Waals surface area contributed by atoms with Gasteiger partial charge < -0.3 is 15.0 Å². The molecule has 6 heteroatoms. The second-order valence-corrected chi connectivity index (χ2v) is 8.73. The maximum atomic E-state index is 5.36. The Hall–Kier alpha value is -2.34. The molecule has 3 fully saturated rings. The summed E-state index contributed by atoms with van der Waals surface area (Å²) >= 11 is 0. The zero-order valence-electron chi connectivity index (χ0n) is 17.4. The summed E-state index contributed by atoms with van der Waals surface area (Å²) < 4.78 is 5.36. The molecule has 4 heterocycles. The van der Waals surface area contributed by atoms with E-state index in [1.807, 2.05) is 13.2 Å². The Morgan fingerprint density at radius 3 is 2.66 bits per heavy atom. The number of fused-ring (bicyclic) bond motifs is 4. The van der Waals surface area contributed by atoms with Gasteiger partial charge in [0.15, 0.2) is 11.6 Å². The zero-order valence-corrected chi connectivity index (χ0v) is 17.4. The van der Waals surface area contributed by atoms with Crippen LogP contribution in [0.15, 0.2) is 36.7 Å². The fraction of sp³-hybridized carbons (Fsp3) is 0.565. The first-order valence-corrected chi connectivity index (χ1v) is 10.9. The minimum absolute atomic E-state index is 0.542. The normalized spacial score (nSPS) is 29.2. The molecule has 0 spiro atoms. The van der Waals surface area contributed by atoms with E-state index in [0.717, 1.165) is 30.5 Å². The quantitative estimate of drug-likeness (QED) is 0.857. The van der Waals surface area contributed by atoms with E-state index in [9.17, 15) is 0 Å². The van der Waals surface area contributed by atoms with E-state index in [1.54, 1.807) is 13.3 Å². The number of nitrogens with one attached hydrogen (secondary N) is 1. The summed E-state index contributed by atoms with van der Waals surface area (Å²) in [5.74, 6) is 4.24. The predicted molar refractivity (Wildman–Crippen MR) is 115 cm³/mol. The molecule has 0 amide bonds. The van der Waals surface area contributed by atoms with Gasteiger partial charge in [-0.1, -0.05) is 12.1 Å². The molecule has 154 valence electrons. The van der Waals surface area contributed by atoms with Crippen LogP contribution in [-0.2, 0) is 0 Å². The van der Waals surface area contributed by atoms with Gasteiger partial charge in [-0.15, -0.1) is 0 Å². The molecule has 3 aliphatic heterocycles. The number of methoxy groups -OCH3 is 1. The van der Waals surface area contributed by atoms with Crippen LogP contribution in [0.3, 0.4) is 0 Å². The fourth-order valence-electron chi connectivity index (χ4n) is 5.90. The van der Waals surface area contributed by atoms with Crippen molar-refractivity contribution in [3.8, 4) is 5.75 Å². The third kappa shape index (κ3) is 3.44. The van der Waals surface area contributed by atoms with Gasteiger partial charge in [-0.2, -0.15) is 0 Å². The predicted octanol–water partition coefficient (Wildman–Crippen LogP) is 3.58. The van der Waals surface area contributed by atoms with E-state index in [1.165, 1.54) is 37.8 Å². The Morgan fingerprint density at radius 2 is 1.86 bits per heavy atom. The molecule has 1 aromatic carbocycles. The van der Waals surface area contributed by atoms with E-state index in [0.29, 0.717) is 23.9 Å². The van der Waals surface area contributed by atoms with Crippen molar-refractivity contribution in [1.82, 2.24) is 14.9 Å². The lowest BCUT2D eigenvalue weighted by Crippen LogP contribution is -2.59. The summed E-state index contributed by atoms with van der Waals surface area (Å²) in [4.78, 5) is 14.4. The summed E-state index contributed by atoms with van der Waals surface area (Å²) in [6.45, 7) is 3.34. The third-order valence-corrected chi connectivity index (χ3v) is 7.10. The zero-order chi connectivity index (χ0) is 19.8. The topological polar surface area (TPSA) is 53.5 Å². The first-order valence-electron chi connectivity index (χ1n) is 10.9. The molecular weight excluding hydrogens is 362 g/mol. The highest BCUT2D eigenvalue weighted by Gasteiger charge is 2.45. The van der Waals surface area contributed by atoms with E-state index < -0.39 is 0 Å². The highest BCUT2D eigenvalue weighted by molar-refractivity contribution is 5.60. The fourth-order valence-corrected chi connectivity index (χ4v) is 5.90. The van der Waals surface area contributed by atoms with E-state index >= 15 is 0 Å². The first kappa shape index (κ1) is 18.7. The van der Waals surface area contributed by atoms with Crippen molar-refractivity contribution in [2.45, 2.75) is 37.8 Å². The van der Waals surface area contributed by atoms with Crippen LogP contribution in [0.25, 0.3) is 0 Å². The highest BCUT2D eigenvalue weighted by atomic mass is 16.5. The molecule has 0 radical (unpaired) electrons. The van der Waals surface area contributed by atoms with E-state index in [2.05, 4.69) is 49.4 Å². The van der Waals surface area contributed by atoms with Crippen LogP contribution in [0.2, 0.25) is 0 Å².